The smallest absolute Gasteiger partial charge is 0.337 e. The largest absolute Gasteiger partial charge is 0.465 e. The van der Waals surface area contributed by atoms with Crippen LogP contribution in [0, 0.1) is 0 Å². The van der Waals surface area contributed by atoms with Gasteiger partial charge in [-0.25, -0.2) is 9.78 Å². The van der Waals surface area contributed by atoms with Gasteiger partial charge in [0.15, 0.2) is 0 Å². The lowest BCUT2D eigenvalue weighted by Gasteiger charge is -2.15. The van der Waals surface area contributed by atoms with E-state index in [1.54, 1.807) is 29.5 Å². The molecule has 0 radical (unpaired) electrons. The van der Waals surface area contributed by atoms with Gasteiger partial charge >= 0.3 is 5.97 Å². The van der Waals surface area contributed by atoms with Crippen molar-refractivity contribution in [2.24, 2.45) is 0 Å². The van der Waals surface area contributed by atoms with Gasteiger partial charge in [0.25, 0.3) is 0 Å². The minimum atomic E-state index is -0.395. The molecule has 0 saturated heterocycles. The Bertz CT molecular complexity index is 640. The number of anilines is 2. The fourth-order valence-corrected chi connectivity index (χ4v) is 2.78. The van der Waals surface area contributed by atoms with Gasteiger partial charge in [-0.15, -0.1) is 11.3 Å². The number of thiazole rings is 1. The number of methoxy groups -OCH3 is 1. The first kappa shape index (κ1) is 15.3. The molecule has 1 heterocycles. The maximum Gasteiger partial charge on any atom is 0.337 e. The summed E-state index contributed by atoms with van der Waals surface area (Å²) < 4.78 is 4.67. The molecule has 0 spiro atoms. The van der Waals surface area contributed by atoms with Crippen molar-refractivity contribution in [3.63, 3.8) is 0 Å². The Morgan fingerprint density at radius 1 is 1.52 bits per heavy atom. The molecule has 3 N–H and O–H groups in total. The van der Waals surface area contributed by atoms with Gasteiger partial charge in [0.1, 0.15) is 5.01 Å². The average molecular weight is 305 g/mol. The molecule has 0 fully saturated rings. The van der Waals surface area contributed by atoms with Crippen LogP contribution in [0.25, 0.3) is 0 Å². The molecule has 5 nitrogen and oxygen atoms in total. The number of aromatic nitrogens is 1. The monoisotopic (exact) mass is 305 g/mol. The van der Waals surface area contributed by atoms with Crippen LogP contribution in [0.4, 0.5) is 11.4 Å². The van der Waals surface area contributed by atoms with Gasteiger partial charge in [-0.05, 0) is 31.5 Å². The lowest BCUT2D eigenvalue weighted by Crippen LogP contribution is -2.09. The normalized spacial score (nSPS) is 12.0. The van der Waals surface area contributed by atoms with Crippen molar-refractivity contribution in [3.8, 4) is 0 Å². The topological polar surface area (TPSA) is 77.2 Å². The third kappa shape index (κ3) is 3.52. The summed E-state index contributed by atoms with van der Waals surface area (Å²) >= 11 is 1.69. The van der Waals surface area contributed by atoms with Gasteiger partial charge < -0.3 is 15.8 Å². The predicted molar refractivity (Wildman–Crippen MR) is 85.7 cm³/mol. The summed E-state index contributed by atoms with van der Waals surface area (Å²) in [5, 5.41) is 4.34. The van der Waals surface area contributed by atoms with E-state index in [0.29, 0.717) is 11.3 Å². The second-order valence-corrected chi connectivity index (χ2v) is 5.82. The van der Waals surface area contributed by atoms with E-state index < -0.39 is 5.97 Å². The number of carbonyl (C=O) groups is 1. The second kappa shape index (κ2) is 6.58. The number of esters is 1. The highest BCUT2D eigenvalue weighted by Gasteiger charge is 2.13. The van der Waals surface area contributed by atoms with Crippen LogP contribution in [0.3, 0.4) is 0 Å². The predicted octanol–water partition coefficient (Wildman–Crippen LogP) is 3.25. The molecule has 0 amide bonds. The number of hydrogen-bond acceptors (Lipinski definition) is 6. The van der Waals surface area contributed by atoms with Gasteiger partial charge in [0, 0.05) is 11.1 Å². The fraction of sp³-hybridized carbons (Fsp3) is 0.333. The summed E-state index contributed by atoms with van der Waals surface area (Å²) in [7, 11) is 1.35. The molecule has 6 heteroatoms. The van der Waals surface area contributed by atoms with E-state index in [0.717, 1.165) is 17.1 Å². The minimum absolute atomic E-state index is 0.0570. The highest BCUT2D eigenvalue weighted by atomic mass is 32.1. The molecule has 0 bridgehead atoms. The lowest BCUT2D eigenvalue weighted by molar-refractivity contribution is 0.0601. The molecule has 1 aromatic heterocycles. The summed E-state index contributed by atoms with van der Waals surface area (Å²) in [6, 6.07) is 5.14. The number of nitrogens with one attached hydrogen (secondary N) is 1. The number of carbonyl (C=O) groups excluding carboxylic acids is 1. The van der Waals surface area contributed by atoms with Crippen LogP contribution in [0.2, 0.25) is 0 Å². The van der Waals surface area contributed by atoms with Crippen molar-refractivity contribution in [2.45, 2.75) is 26.3 Å². The molecule has 2 aromatic rings. The average Bonchev–Trinajstić information content (AvgIpc) is 2.97. The molecule has 21 heavy (non-hydrogen) atoms. The van der Waals surface area contributed by atoms with Crippen molar-refractivity contribution in [1.82, 2.24) is 4.98 Å². The Labute approximate surface area is 128 Å². The third-order valence-electron chi connectivity index (χ3n) is 3.14. The minimum Gasteiger partial charge on any atom is -0.465 e. The molecule has 112 valence electrons. The fourth-order valence-electron chi connectivity index (χ4n) is 1.92. The number of nitrogens with zero attached hydrogens (tertiary/aromatic N) is 1. The van der Waals surface area contributed by atoms with E-state index in [2.05, 4.69) is 22.0 Å². The lowest BCUT2D eigenvalue weighted by atomic mass is 10.1. The molecule has 1 unspecified atom stereocenters. The van der Waals surface area contributed by atoms with Crippen LogP contribution < -0.4 is 11.1 Å². The summed E-state index contributed by atoms with van der Waals surface area (Å²) in [6.45, 7) is 4.14. The number of rotatable bonds is 5. The van der Waals surface area contributed by atoms with E-state index in [9.17, 15) is 4.79 Å². The molecule has 1 atom stereocenters. The summed E-state index contributed by atoms with van der Waals surface area (Å²) in [5.41, 5.74) is 7.72. The first-order valence-electron chi connectivity index (χ1n) is 6.74. The summed E-state index contributed by atoms with van der Waals surface area (Å²) in [6.07, 6.45) is 2.89. The molecule has 1 aromatic carbocycles. The summed E-state index contributed by atoms with van der Waals surface area (Å²) in [5.74, 6) is -0.395. The van der Waals surface area contributed by atoms with Crippen molar-refractivity contribution in [1.29, 1.82) is 0 Å². The maximum absolute atomic E-state index is 11.4. The molecule has 0 aliphatic heterocycles. The maximum atomic E-state index is 11.4. The Kier molecular flexibility index (Phi) is 4.80. The van der Waals surface area contributed by atoms with Crippen LogP contribution in [-0.2, 0) is 11.2 Å². The molecular weight excluding hydrogens is 286 g/mol. The van der Waals surface area contributed by atoms with Gasteiger partial charge in [-0.3, -0.25) is 0 Å². The van der Waals surface area contributed by atoms with Crippen LogP contribution >= 0.6 is 11.3 Å². The van der Waals surface area contributed by atoms with E-state index in [1.165, 1.54) is 12.0 Å². The molecule has 0 saturated carbocycles. The second-order valence-electron chi connectivity index (χ2n) is 4.68. The zero-order valence-electron chi connectivity index (χ0n) is 12.3. The zero-order chi connectivity index (χ0) is 15.4. The van der Waals surface area contributed by atoms with Gasteiger partial charge in [-0.1, -0.05) is 6.92 Å². The Hall–Kier alpha value is -2.08. The van der Waals surface area contributed by atoms with Crippen molar-refractivity contribution in [3.05, 3.63) is 39.8 Å². The number of hydrogen-bond donors (Lipinski definition) is 2. The van der Waals surface area contributed by atoms with Crippen LogP contribution in [0.15, 0.2) is 24.4 Å². The highest BCUT2D eigenvalue weighted by molar-refractivity contribution is 7.11. The SMILES string of the molecule is CCc1cnc(C(C)Nc2ccc(C(=O)OC)cc2N)s1. The van der Waals surface area contributed by atoms with Gasteiger partial charge in [0.05, 0.1) is 30.1 Å². The highest BCUT2D eigenvalue weighted by Crippen LogP contribution is 2.27. The first-order valence-corrected chi connectivity index (χ1v) is 7.55. The Balaban J connectivity index is 2.13. The van der Waals surface area contributed by atoms with Crippen molar-refractivity contribution >= 4 is 28.7 Å². The third-order valence-corrected chi connectivity index (χ3v) is 4.46. The molecule has 0 aliphatic rings. The zero-order valence-corrected chi connectivity index (χ0v) is 13.2. The number of nitrogen functional groups attached to an aromatic ring is 1. The van der Waals surface area contributed by atoms with Crippen LogP contribution in [0.5, 0.6) is 0 Å². The number of aryl methyl sites for hydroxylation is 1. The van der Waals surface area contributed by atoms with Crippen molar-refractivity contribution < 1.29 is 9.53 Å². The Morgan fingerprint density at radius 2 is 2.29 bits per heavy atom. The van der Waals surface area contributed by atoms with Gasteiger partial charge in [-0.2, -0.15) is 0 Å². The molecule has 2 rings (SSSR count). The van der Waals surface area contributed by atoms with E-state index in [4.69, 9.17) is 5.73 Å². The van der Waals surface area contributed by atoms with Gasteiger partial charge in [0.2, 0.25) is 0 Å². The van der Waals surface area contributed by atoms with Crippen LogP contribution in [-0.4, -0.2) is 18.1 Å². The van der Waals surface area contributed by atoms with Crippen LogP contribution in [0.1, 0.15) is 40.1 Å². The van der Waals surface area contributed by atoms with Crippen molar-refractivity contribution in [2.75, 3.05) is 18.2 Å². The Morgan fingerprint density at radius 3 is 2.86 bits per heavy atom. The van der Waals surface area contributed by atoms with E-state index >= 15 is 0 Å². The van der Waals surface area contributed by atoms with E-state index in [-0.39, 0.29) is 6.04 Å². The number of benzene rings is 1. The molecule has 0 aliphatic carbocycles. The number of ether oxygens (including phenoxy) is 1. The summed E-state index contributed by atoms with van der Waals surface area (Å²) in [4.78, 5) is 17.1. The standard InChI is InChI=1S/C15H19N3O2S/c1-4-11-8-17-14(21-11)9(2)18-13-6-5-10(7-12(13)16)15(19)20-3/h5-9,18H,4,16H2,1-3H3. The molecular formula is C15H19N3O2S. The number of nitrogens with two attached hydrogens (primary N) is 1. The first-order chi connectivity index (χ1) is 10.0. The quantitative estimate of drug-likeness (QED) is 0.655. The van der Waals surface area contributed by atoms with E-state index in [1.807, 2.05) is 13.1 Å².